The molecule has 6 nitrogen and oxygen atoms in total. The van der Waals surface area contributed by atoms with Crippen LogP contribution in [0.4, 0.5) is 0 Å². The number of carbonyl (C=O) groups is 3. The highest BCUT2D eigenvalue weighted by Crippen LogP contribution is 2.17. The molecule has 0 aliphatic heterocycles. The zero-order chi connectivity index (χ0) is 58.5. The summed E-state index contributed by atoms with van der Waals surface area (Å²) in [5.41, 5.74) is 0. The first-order chi connectivity index (χ1) is 40.0. The van der Waals surface area contributed by atoms with E-state index in [0.29, 0.717) is 19.3 Å². The van der Waals surface area contributed by atoms with Gasteiger partial charge in [0, 0.05) is 19.3 Å². The first-order valence-corrected chi connectivity index (χ1v) is 33.7. The quantitative estimate of drug-likeness (QED) is 0.0261. The van der Waals surface area contributed by atoms with E-state index in [9.17, 15) is 14.4 Å². The topological polar surface area (TPSA) is 78.9 Å². The Kier molecular flexibility index (Phi) is 64.3. The predicted octanol–water partition coefficient (Wildman–Crippen LogP) is 23.3. The van der Waals surface area contributed by atoms with E-state index in [0.717, 1.165) is 83.5 Å². The predicted molar refractivity (Wildman–Crippen MR) is 353 cm³/mol. The summed E-state index contributed by atoms with van der Waals surface area (Å²) < 4.78 is 16.8. The molecule has 6 heteroatoms. The molecule has 1 unspecified atom stereocenters. The third-order valence-electron chi connectivity index (χ3n) is 14.1. The fourth-order valence-electron chi connectivity index (χ4n) is 9.19. The molecule has 0 saturated carbocycles. The summed E-state index contributed by atoms with van der Waals surface area (Å²) in [7, 11) is 0. The van der Waals surface area contributed by atoms with Crippen LogP contribution in [0.2, 0.25) is 0 Å². The van der Waals surface area contributed by atoms with Crippen LogP contribution in [0.25, 0.3) is 0 Å². The van der Waals surface area contributed by atoms with Gasteiger partial charge in [0.25, 0.3) is 0 Å². The third-order valence-corrected chi connectivity index (χ3v) is 14.1. The van der Waals surface area contributed by atoms with Gasteiger partial charge in [0.05, 0.1) is 0 Å². The normalized spacial score (nSPS) is 13.0. The van der Waals surface area contributed by atoms with Crippen molar-refractivity contribution in [2.24, 2.45) is 0 Å². The Labute approximate surface area is 500 Å². The van der Waals surface area contributed by atoms with E-state index in [1.165, 1.54) is 167 Å². The number of carbonyl (C=O) groups excluding carboxylic acids is 3. The van der Waals surface area contributed by atoms with Gasteiger partial charge < -0.3 is 14.2 Å². The van der Waals surface area contributed by atoms with Crippen LogP contribution in [0.15, 0.2) is 134 Å². The van der Waals surface area contributed by atoms with Crippen LogP contribution in [0.1, 0.15) is 303 Å². The highest BCUT2D eigenvalue weighted by molar-refractivity contribution is 5.71. The molecule has 0 saturated heterocycles. The van der Waals surface area contributed by atoms with Gasteiger partial charge in [-0.3, -0.25) is 14.4 Å². The lowest BCUT2D eigenvalue weighted by Gasteiger charge is -2.18. The van der Waals surface area contributed by atoms with E-state index >= 15 is 0 Å². The van der Waals surface area contributed by atoms with Crippen molar-refractivity contribution in [2.45, 2.75) is 309 Å². The first-order valence-electron chi connectivity index (χ1n) is 33.7. The SMILES string of the molecule is CC/C=C\C/C=C\C/C=C\C/C=C\C/C=C\C/C=C\CCC(=O)OC(COC(=O)CC/C=C\C/C=C\C/C=C\C/C=C\CC)COC(=O)CCCCCCCCCCCCCCCCCCCCC/C=C\CCCCCCCCCC. The zero-order valence-electron chi connectivity index (χ0n) is 52.8. The molecule has 0 aromatic carbocycles. The maximum atomic E-state index is 12.9. The molecule has 0 aromatic heterocycles. The minimum Gasteiger partial charge on any atom is -0.462 e. The van der Waals surface area contributed by atoms with Gasteiger partial charge in [0.1, 0.15) is 13.2 Å². The van der Waals surface area contributed by atoms with Crippen molar-refractivity contribution in [1.82, 2.24) is 0 Å². The molecule has 460 valence electrons. The van der Waals surface area contributed by atoms with E-state index in [2.05, 4.69) is 130 Å². The molecule has 0 aliphatic rings. The standard InChI is InChI=1S/C75H124O6/c1-4-7-10-13-16-19-22-25-27-29-31-32-33-34-35-36-37-38-39-40-41-42-44-45-47-50-53-56-59-62-65-68-74(77)80-71-72(70-79-73(76)67-64-61-58-55-52-49-24-21-18-15-12-9-6-3)81-75(78)69-66-63-60-57-54-51-48-46-43-30-28-26-23-20-17-14-11-8-5-2/h8-9,11-12,17-18,20-21,26,28-29,31,43,46,49,51-52,54,58,60-61,63,72H,4-7,10,13-16,19,22-25,27,30,32-42,44-45,47-48,50,53,55-57,59,62,64-71H2,1-3H3/b11-8-,12-9-,20-17-,21-18-,28-26-,31-29-,46-43-,52-49-,54-51-,61-58-,63-60-. The van der Waals surface area contributed by atoms with Crippen LogP contribution in [0, 0.1) is 0 Å². The molecule has 0 N–H and O–H groups in total. The summed E-state index contributed by atoms with van der Waals surface area (Å²) in [6.07, 6.45) is 96.7. The van der Waals surface area contributed by atoms with Gasteiger partial charge in [0.2, 0.25) is 0 Å². The van der Waals surface area contributed by atoms with Crippen molar-refractivity contribution in [2.75, 3.05) is 13.2 Å². The van der Waals surface area contributed by atoms with Gasteiger partial charge in [-0.1, -0.05) is 309 Å². The number of hydrogen-bond acceptors (Lipinski definition) is 6. The largest absolute Gasteiger partial charge is 0.462 e. The minimum atomic E-state index is -0.852. The summed E-state index contributed by atoms with van der Waals surface area (Å²) in [4.78, 5) is 38.2. The van der Waals surface area contributed by atoms with E-state index < -0.39 is 12.1 Å². The lowest BCUT2D eigenvalue weighted by atomic mass is 10.0. The molecule has 0 amide bonds. The number of ether oxygens (including phenoxy) is 3. The summed E-state index contributed by atoms with van der Waals surface area (Å²) >= 11 is 0. The van der Waals surface area contributed by atoms with Crippen molar-refractivity contribution in [3.63, 3.8) is 0 Å². The van der Waals surface area contributed by atoms with Gasteiger partial charge >= 0.3 is 17.9 Å². The van der Waals surface area contributed by atoms with E-state index in [4.69, 9.17) is 14.2 Å². The fraction of sp³-hybridized carbons (Fsp3) is 0.667. The van der Waals surface area contributed by atoms with Gasteiger partial charge in [0.15, 0.2) is 6.10 Å². The summed E-state index contributed by atoms with van der Waals surface area (Å²) in [6, 6.07) is 0. The third kappa shape index (κ3) is 66.2. The molecule has 0 spiro atoms. The summed E-state index contributed by atoms with van der Waals surface area (Å²) in [6.45, 7) is 6.30. The molecule has 0 radical (unpaired) electrons. The minimum absolute atomic E-state index is 0.132. The number of allylic oxidation sites excluding steroid dienone is 22. The maximum Gasteiger partial charge on any atom is 0.306 e. The van der Waals surface area contributed by atoms with Crippen LogP contribution in [-0.2, 0) is 28.6 Å². The van der Waals surface area contributed by atoms with Crippen molar-refractivity contribution in [1.29, 1.82) is 0 Å². The van der Waals surface area contributed by atoms with Crippen molar-refractivity contribution < 1.29 is 28.6 Å². The number of esters is 3. The lowest BCUT2D eigenvalue weighted by Crippen LogP contribution is -2.30. The average Bonchev–Trinajstić information content (AvgIpc) is 3.46. The average molecular weight is 1120 g/mol. The smallest absolute Gasteiger partial charge is 0.306 e. The molecule has 0 aliphatic carbocycles. The van der Waals surface area contributed by atoms with Crippen molar-refractivity contribution in [3.8, 4) is 0 Å². The van der Waals surface area contributed by atoms with E-state index in [-0.39, 0.29) is 38.0 Å². The molecule has 0 fully saturated rings. The molecular formula is C75H124O6. The monoisotopic (exact) mass is 1120 g/mol. The molecule has 0 bridgehead atoms. The zero-order valence-corrected chi connectivity index (χ0v) is 52.8. The molecule has 81 heavy (non-hydrogen) atoms. The summed E-state index contributed by atoms with van der Waals surface area (Å²) in [5, 5.41) is 0. The van der Waals surface area contributed by atoms with Gasteiger partial charge in [-0.15, -0.1) is 0 Å². The number of hydrogen-bond donors (Lipinski definition) is 0. The Morgan fingerprint density at radius 3 is 0.827 bits per heavy atom. The Bertz CT molecular complexity index is 1720. The highest BCUT2D eigenvalue weighted by Gasteiger charge is 2.19. The molecule has 0 heterocycles. The van der Waals surface area contributed by atoms with Crippen LogP contribution in [0.5, 0.6) is 0 Å². The van der Waals surface area contributed by atoms with Gasteiger partial charge in [-0.05, 0) is 109 Å². The Morgan fingerprint density at radius 2 is 0.506 bits per heavy atom. The number of unbranched alkanes of at least 4 members (excludes halogenated alkanes) is 27. The van der Waals surface area contributed by atoms with Crippen LogP contribution < -0.4 is 0 Å². The van der Waals surface area contributed by atoms with Crippen molar-refractivity contribution >= 4 is 17.9 Å². The Hall–Kier alpha value is -4.45. The van der Waals surface area contributed by atoms with Crippen LogP contribution in [-0.4, -0.2) is 37.2 Å². The fourth-order valence-corrected chi connectivity index (χ4v) is 9.19. The first kappa shape index (κ1) is 76.5. The van der Waals surface area contributed by atoms with Crippen LogP contribution in [0.3, 0.4) is 0 Å². The van der Waals surface area contributed by atoms with E-state index in [1.807, 2.05) is 24.3 Å². The second kappa shape index (κ2) is 68.1. The summed E-state index contributed by atoms with van der Waals surface area (Å²) in [5.74, 6) is -1.10. The second-order valence-corrected chi connectivity index (χ2v) is 22.0. The molecular weight excluding hydrogens is 997 g/mol. The molecule has 1 atom stereocenters. The van der Waals surface area contributed by atoms with Crippen molar-refractivity contribution in [3.05, 3.63) is 134 Å². The Balaban J connectivity index is 4.31. The molecule has 0 rings (SSSR count). The van der Waals surface area contributed by atoms with Crippen LogP contribution >= 0.6 is 0 Å². The van der Waals surface area contributed by atoms with Gasteiger partial charge in [-0.25, -0.2) is 0 Å². The highest BCUT2D eigenvalue weighted by atomic mass is 16.6. The van der Waals surface area contributed by atoms with E-state index in [1.54, 1.807) is 0 Å². The van der Waals surface area contributed by atoms with Gasteiger partial charge in [-0.2, -0.15) is 0 Å². The molecule has 0 aromatic rings. The second-order valence-electron chi connectivity index (χ2n) is 22.0. The maximum absolute atomic E-state index is 12.9. The Morgan fingerprint density at radius 1 is 0.259 bits per heavy atom. The lowest BCUT2D eigenvalue weighted by molar-refractivity contribution is -0.166. The number of rotatable bonds is 60.